The van der Waals surface area contributed by atoms with Crippen LogP contribution >= 0.6 is 11.3 Å². The smallest absolute Gasteiger partial charge is 0.182 e. The standard InChI is InChI=1S/C8H14N2S/c1-4-6(2)7-5-11-8(9-3)10-7/h5-6H,4H2,1-3H3,(H,9,10)/t6-/m0/s1. The number of anilines is 1. The van der Waals surface area contributed by atoms with E-state index in [2.05, 4.69) is 29.5 Å². The maximum atomic E-state index is 4.41. The molecule has 1 aromatic rings. The van der Waals surface area contributed by atoms with E-state index >= 15 is 0 Å². The highest BCUT2D eigenvalue weighted by Crippen LogP contribution is 2.23. The zero-order chi connectivity index (χ0) is 8.27. The summed E-state index contributed by atoms with van der Waals surface area (Å²) in [6.07, 6.45) is 1.16. The first kappa shape index (κ1) is 8.53. The molecule has 0 spiro atoms. The van der Waals surface area contributed by atoms with Crippen molar-refractivity contribution in [2.24, 2.45) is 0 Å². The van der Waals surface area contributed by atoms with Gasteiger partial charge in [-0.25, -0.2) is 4.98 Å². The molecule has 1 N–H and O–H groups in total. The van der Waals surface area contributed by atoms with Gasteiger partial charge in [0.25, 0.3) is 0 Å². The van der Waals surface area contributed by atoms with E-state index in [1.165, 1.54) is 5.69 Å². The lowest BCUT2D eigenvalue weighted by molar-refractivity contribution is 0.714. The van der Waals surface area contributed by atoms with Crippen molar-refractivity contribution in [3.8, 4) is 0 Å². The average molecular weight is 170 g/mol. The molecule has 1 aromatic heterocycles. The lowest BCUT2D eigenvalue weighted by atomic mass is 10.1. The summed E-state index contributed by atoms with van der Waals surface area (Å²) in [5, 5.41) is 6.17. The monoisotopic (exact) mass is 170 g/mol. The van der Waals surface area contributed by atoms with Gasteiger partial charge in [-0.15, -0.1) is 11.3 Å². The quantitative estimate of drug-likeness (QED) is 0.754. The highest BCUT2D eigenvalue weighted by Gasteiger charge is 2.06. The Morgan fingerprint density at radius 3 is 2.91 bits per heavy atom. The lowest BCUT2D eigenvalue weighted by Gasteiger charge is -2.01. The topological polar surface area (TPSA) is 24.9 Å². The molecule has 0 aliphatic rings. The van der Waals surface area contributed by atoms with Crippen LogP contribution in [0.1, 0.15) is 31.9 Å². The second-order valence-corrected chi connectivity index (χ2v) is 3.49. The Morgan fingerprint density at radius 2 is 2.45 bits per heavy atom. The Balaban J connectivity index is 2.71. The third kappa shape index (κ3) is 1.93. The zero-order valence-electron chi connectivity index (χ0n) is 7.22. The maximum absolute atomic E-state index is 4.41. The molecule has 1 heterocycles. The molecule has 0 amide bonds. The Kier molecular flexibility index (Phi) is 2.88. The fraction of sp³-hybridized carbons (Fsp3) is 0.625. The second kappa shape index (κ2) is 3.72. The van der Waals surface area contributed by atoms with Crippen molar-refractivity contribution in [1.29, 1.82) is 0 Å². The number of hydrogen-bond donors (Lipinski definition) is 1. The first-order valence-corrected chi connectivity index (χ1v) is 4.79. The SMILES string of the molecule is CC[C@H](C)c1csc(NC)n1. The maximum Gasteiger partial charge on any atom is 0.182 e. The van der Waals surface area contributed by atoms with Crippen LogP contribution in [0.5, 0.6) is 0 Å². The summed E-state index contributed by atoms with van der Waals surface area (Å²) >= 11 is 1.67. The largest absolute Gasteiger partial charge is 0.365 e. The molecule has 2 nitrogen and oxygen atoms in total. The van der Waals surface area contributed by atoms with E-state index in [-0.39, 0.29) is 0 Å². The molecule has 0 saturated carbocycles. The third-order valence-electron chi connectivity index (χ3n) is 1.85. The summed E-state index contributed by atoms with van der Waals surface area (Å²) in [5.41, 5.74) is 1.21. The number of nitrogens with zero attached hydrogens (tertiary/aromatic N) is 1. The van der Waals surface area contributed by atoms with E-state index in [0.717, 1.165) is 11.6 Å². The predicted molar refractivity (Wildman–Crippen MR) is 50.4 cm³/mol. The molecule has 0 radical (unpaired) electrons. The van der Waals surface area contributed by atoms with Gasteiger partial charge in [0, 0.05) is 12.4 Å². The van der Waals surface area contributed by atoms with Crippen molar-refractivity contribution in [3.63, 3.8) is 0 Å². The highest BCUT2D eigenvalue weighted by molar-refractivity contribution is 7.13. The van der Waals surface area contributed by atoms with Crippen LogP contribution in [-0.2, 0) is 0 Å². The van der Waals surface area contributed by atoms with Gasteiger partial charge in [-0.2, -0.15) is 0 Å². The first-order valence-electron chi connectivity index (χ1n) is 3.91. The Bertz CT molecular complexity index is 220. The van der Waals surface area contributed by atoms with Crippen molar-refractivity contribution in [3.05, 3.63) is 11.1 Å². The van der Waals surface area contributed by atoms with Crippen molar-refractivity contribution < 1.29 is 0 Å². The Hall–Kier alpha value is -0.570. The van der Waals surface area contributed by atoms with Gasteiger partial charge >= 0.3 is 0 Å². The van der Waals surface area contributed by atoms with Crippen molar-refractivity contribution >= 4 is 16.5 Å². The molecule has 0 saturated heterocycles. The zero-order valence-corrected chi connectivity index (χ0v) is 8.03. The minimum absolute atomic E-state index is 0.591. The summed E-state index contributed by atoms with van der Waals surface area (Å²) in [7, 11) is 1.90. The minimum Gasteiger partial charge on any atom is -0.365 e. The molecule has 0 fully saturated rings. The van der Waals surface area contributed by atoms with Gasteiger partial charge in [0.15, 0.2) is 5.13 Å². The number of thiazole rings is 1. The van der Waals surface area contributed by atoms with Crippen molar-refractivity contribution in [1.82, 2.24) is 4.98 Å². The van der Waals surface area contributed by atoms with Crippen LogP contribution in [0, 0.1) is 0 Å². The van der Waals surface area contributed by atoms with Gasteiger partial charge in [-0.3, -0.25) is 0 Å². The highest BCUT2D eigenvalue weighted by atomic mass is 32.1. The van der Waals surface area contributed by atoms with Crippen LogP contribution in [0.3, 0.4) is 0 Å². The predicted octanol–water partition coefficient (Wildman–Crippen LogP) is 2.70. The average Bonchev–Trinajstić information content (AvgIpc) is 2.50. The Labute approximate surface area is 71.7 Å². The molecule has 0 aliphatic carbocycles. The molecular formula is C8H14N2S. The van der Waals surface area contributed by atoms with Gasteiger partial charge in [-0.1, -0.05) is 13.8 Å². The van der Waals surface area contributed by atoms with Crippen LogP contribution in [-0.4, -0.2) is 12.0 Å². The normalized spacial score (nSPS) is 13.0. The molecule has 0 unspecified atom stereocenters. The van der Waals surface area contributed by atoms with Crippen molar-refractivity contribution in [2.45, 2.75) is 26.2 Å². The molecule has 11 heavy (non-hydrogen) atoms. The lowest BCUT2D eigenvalue weighted by Crippen LogP contribution is -1.92. The summed E-state index contributed by atoms with van der Waals surface area (Å²) in [6, 6.07) is 0. The summed E-state index contributed by atoms with van der Waals surface area (Å²) in [5.74, 6) is 0.591. The van der Waals surface area contributed by atoms with Gasteiger partial charge < -0.3 is 5.32 Å². The van der Waals surface area contributed by atoms with Crippen LogP contribution < -0.4 is 5.32 Å². The molecule has 0 aromatic carbocycles. The van der Waals surface area contributed by atoms with Crippen LogP contribution in [0.25, 0.3) is 0 Å². The molecule has 1 atom stereocenters. The van der Waals surface area contributed by atoms with Crippen molar-refractivity contribution in [2.75, 3.05) is 12.4 Å². The summed E-state index contributed by atoms with van der Waals surface area (Å²) in [4.78, 5) is 4.41. The number of hydrogen-bond acceptors (Lipinski definition) is 3. The first-order chi connectivity index (χ1) is 5.27. The summed E-state index contributed by atoms with van der Waals surface area (Å²) < 4.78 is 0. The molecule has 3 heteroatoms. The van der Waals surface area contributed by atoms with Gasteiger partial charge in [0.2, 0.25) is 0 Å². The fourth-order valence-electron chi connectivity index (χ4n) is 0.836. The molecular weight excluding hydrogens is 156 g/mol. The van der Waals surface area contributed by atoms with E-state index in [1.807, 2.05) is 7.05 Å². The number of aromatic nitrogens is 1. The van der Waals surface area contributed by atoms with Gasteiger partial charge in [0.1, 0.15) is 0 Å². The van der Waals surface area contributed by atoms with E-state index in [4.69, 9.17) is 0 Å². The van der Waals surface area contributed by atoms with Gasteiger partial charge in [-0.05, 0) is 12.3 Å². The van der Waals surface area contributed by atoms with E-state index in [1.54, 1.807) is 11.3 Å². The molecule has 0 aliphatic heterocycles. The summed E-state index contributed by atoms with van der Waals surface area (Å²) in [6.45, 7) is 4.39. The Morgan fingerprint density at radius 1 is 1.73 bits per heavy atom. The molecule has 62 valence electrons. The van der Waals surface area contributed by atoms with E-state index < -0.39 is 0 Å². The van der Waals surface area contributed by atoms with Crippen LogP contribution in [0.15, 0.2) is 5.38 Å². The molecule has 1 rings (SSSR count). The van der Waals surface area contributed by atoms with Crippen LogP contribution in [0.4, 0.5) is 5.13 Å². The third-order valence-corrected chi connectivity index (χ3v) is 2.73. The number of rotatable bonds is 3. The van der Waals surface area contributed by atoms with E-state index in [0.29, 0.717) is 5.92 Å². The fourth-order valence-corrected chi connectivity index (χ4v) is 1.63. The molecule has 0 bridgehead atoms. The van der Waals surface area contributed by atoms with Gasteiger partial charge in [0.05, 0.1) is 5.69 Å². The van der Waals surface area contributed by atoms with Crippen LogP contribution in [0.2, 0.25) is 0 Å². The minimum atomic E-state index is 0.591. The van der Waals surface area contributed by atoms with E-state index in [9.17, 15) is 0 Å². The second-order valence-electron chi connectivity index (χ2n) is 2.64. The number of nitrogens with one attached hydrogen (secondary N) is 1.